The van der Waals surface area contributed by atoms with Crippen molar-refractivity contribution in [3.63, 3.8) is 0 Å². The second-order valence-electron chi connectivity index (χ2n) is 5.88. The van der Waals surface area contributed by atoms with Gasteiger partial charge in [0.2, 0.25) is 11.8 Å². The third kappa shape index (κ3) is 3.55. The fourth-order valence-electron chi connectivity index (χ4n) is 1.93. The molecule has 1 unspecified atom stereocenters. The zero-order valence-electron chi connectivity index (χ0n) is 11.6. The van der Waals surface area contributed by atoms with Gasteiger partial charge < -0.3 is 4.74 Å². The van der Waals surface area contributed by atoms with Gasteiger partial charge in [0.15, 0.2) is 0 Å². The number of imide groups is 1. The van der Waals surface area contributed by atoms with E-state index >= 15 is 0 Å². The van der Waals surface area contributed by atoms with Gasteiger partial charge in [-0.15, -0.1) is 0 Å². The van der Waals surface area contributed by atoms with Crippen LogP contribution < -0.4 is 0 Å². The highest BCUT2D eigenvalue weighted by molar-refractivity contribution is 6.01. The molecule has 1 aliphatic heterocycles. The summed E-state index contributed by atoms with van der Waals surface area (Å²) in [6.07, 6.45) is 0.609. The van der Waals surface area contributed by atoms with Gasteiger partial charge in [0.05, 0.1) is 0 Å². The number of hydrogen-bond acceptors (Lipinski definition) is 4. The zero-order valence-corrected chi connectivity index (χ0v) is 11.6. The van der Waals surface area contributed by atoms with Crippen molar-refractivity contribution in [1.29, 1.82) is 0 Å². The van der Waals surface area contributed by atoms with E-state index in [1.54, 1.807) is 20.8 Å². The molecule has 0 aromatic rings. The minimum atomic E-state index is -0.850. The Morgan fingerprint density at radius 1 is 1.28 bits per heavy atom. The van der Waals surface area contributed by atoms with Gasteiger partial charge in [-0.3, -0.25) is 14.5 Å². The summed E-state index contributed by atoms with van der Waals surface area (Å²) in [6, 6.07) is -0.850. The lowest BCUT2D eigenvalue weighted by Gasteiger charge is -2.33. The minimum absolute atomic E-state index is 0.0482. The maximum atomic E-state index is 11.9. The number of hydrogen-bond donors (Lipinski definition) is 0. The van der Waals surface area contributed by atoms with Crippen LogP contribution in [-0.2, 0) is 19.1 Å². The van der Waals surface area contributed by atoms with E-state index in [1.807, 2.05) is 6.92 Å². The molecule has 0 bridgehead atoms. The molecule has 1 heterocycles. The Labute approximate surface area is 107 Å². The summed E-state index contributed by atoms with van der Waals surface area (Å²) in [7, 11) is 0. The zero-order chi connectivity index (χ0) is 14.1. The smallest absolute Gasteiger partial charge is 0.329 e. The lowest BCUT2D eigenvalue weighted by molar-refractivity contribution is -0.170. The van der Waals surface area contributed by atoms with Gasteiger partial charge >= 0.3 is 5.97 Å². The molecule has 1 rings (SSSR count). The lowest BCUT2D eigenvalue weighted by Crippen LogP contribution is -2.52. The van der Waals surface area contributed by atoms with Crippen LogP contribution in [0.1, 0.15) is 47.5 Å². The van der Waals surface area contributed by atoms with Crippen LogP contribution in [-0.4, -0.2) is 34.3 Å². The molecule has 1 fully saturated rings. The number of likely N-dealkylation sites (tertiary alicyclic amines) is 1. The largest absolute Gasteiger partial charge is 0.458 e. The second kappa shape index (κ2) is 5.08. The Bertz CT molecular complexity index is 352. The first-order chi connectivity index (χ1) is 8.11. The fraction of sp³-hybridized carbons (Fsp3) is 0.769. The average molecular weight is 255 g/mol. The predicted octanol–water partition coefficient (Wildman–Crippen LogP) is 1.50. The van der Waals surface area contributed by atoms with Crippen LogP contribution in [0.15, 0.2) is 0 Å². The SMILES string of the molecule is CC1CC(=O)N(C(C)C(=O)OC(C)(C)C)C(=O)C1. The van der Waals surface area contributed by atoms with Gasteiger partial charge in [-0.25, -0.2) is 4.79 Å². The van der Waals surface area contributed by atoms with Crippen LogP contribution in [0.4, 0.5) is 0 Å². The molecule has 2 amide bonds. The standard InChI is InChI=1S/C13H21NO4/c1-8-6-10(15)14(11(16)7-8)9(2)12(17)18-13(3,4)5/h8-9H,6-7H2,1-5H3. The summed E-state index contributed by atoms with van der Waals surface area (Å²) in [6.45, 7) is 8.63. The molecule has 0 spiro atoms. The van der Waals surface area contributed by atoms with E-state index in [9.17, 15) is 14.4 Å². The maximum absolute atomic E-state index is 11.9. The van der Waals surface area contributed by atoms with Crippen molar-refractivity contribution in [2.75, 3.05) is 0 Å². The Hall–Kier alpha value is -1.39. The normalized spacial score (nSPS) is 19.9. The van der Waals surface area contributed by atoms with Gasteiger partial charge in [0.25, 0.3) is 0 Å². The van der Waals surface area contributed by atoms with E-state index in [0.717, 1.165) is 4.90 Å². The van der Waals surface area contributed by atoms with Crippen LogP contribution in [0.25, 0.3) is 0 Å². The van der Waals surface area contributed by atoms with Crippen molar-refractivity contribution in [3.05, 3.63) is 0 Å². The monoisotopic (exact) mass is 255 g/mol. The van der Waals surface area contributed by atoms with Gasteiger partial charge in [0.1, 0.15) is 11.6 Å². The predicted molar refractivity (Wildman–Crippen MR) is 65.6 cm³/mol. The van der Waals surface area contributed by atoms with E-state index in [2.05, 4.69) is 0 Å². The molecule has 0 aliphatic carbocycles. The molecule has 0 saturated carbocycles. The summed E-state index contributed by atoms with van der Waals surface area (Å²) in [5.74, 6) is -1.08. The Balaban J connectivity index is 2.77. The van der Waals surface area contributed by atoms with Crippen LogP contribution in [0.2, 0.25) is 0 Å². The first-order valence-electron chi connectivity index (χ1n) is 6.19. The van der Waals surface area contributed by atoms with Gasteiger partial charge in [0, 0.05) is 12.8 Å². The minimum Gasteiger partial charge on any atom is -0.458 e. The van der Waals surface area contributed by atoms with Crippen molar-refractivity contribution >= 4 is 17.8 Å². The summed E-state index contributed by atoms with van der Waals surface area (Å²) in [5, 5.41) is 0. The molecule has 0 aromatic carbocycles. The molecular weight excluding hydrogens is 234 g/mol. The molecule has 0 radical (unpaired) electrons. The summed E-state index contributed by atoms with van der Waals surface area (Å²) in [5.41, 5.74) is -0.624. The van der Waals surface area contributed by atoms with Gasteiger partial charge in [-0.2, -0.15) is 0 Å². The van der Waals surface area contributed by atoms with Gasteiger partial charge in [-0.05, 0) is 33.6 Å². The summed E-state index contributed by atoms with van der Waals surface area (Å²) < 4.78 is 5.19. The number of carbonyl (C=O) groups excluding carboxylic acids is 3. The molecule has 0 aromatic heterocycles. The van der Waals surface area contributed by atoms with Crippen molar-refractivity contribution < 1.29 is 19.1 Å². The summed E-state index contributed by atoms with van der Waals surface area (Å²) in [4.78, 5) is 36.5. The number of rotatable bonds is 2. The third-order valence-electron chi connectivity index (χ3n) is 2.72. The number of nitrogens with zero attached hydrogens (tertiary/aromatic N) is 1. The first kappa shape index (κ1) is 14.7. The second-order valence-corrected chi connectivity index (χ2v) is 5.88. The van der Waals surface area contributed by atoms with Crippen molar-refractivity contribution in [3.8, 4) is 0 Å². The van der Waals surface area contributed by atoms with E-state index < -0.39 is 17.6 Å². The van der Waals surface area contributed by atoms with Crippen LogP contribution in [0.3, 0.4) is 0 Å². The average Bonchev–Trinajstić information content (AvgIpc) is 2.12. The number of carbonyl (C=O) groups is 3. The maximum Gasteiger partial charge on any atom is 0.329 e. The van der Waals surface area contributed by atoms with Crippen molar-refractivity contribution in [2.24, 2.45) is 5.92 Å². The highest BCUT2D eigenvalue weighted by Crippen LogP contribution is 2.22. The van der Waals surface area contributed by atoms with Crippen LogP contribution in [0.5, 0.6) is 0 Å². The van der Waals surface area contributed by atoms with E-state index in [-0.39, 0.29) is 17.7 Å². The highest BCUT2D eigenvalue weighted by atomic mass is 16.6. The summed E-state index contributed by atoms with van der Waals surface area (Å²) >= 11 is 0. The quantitative estimate of drug-likeness (QED) is 0.554. The molecule has 102 valence electrons. The molecule has 5 nitrogen and oxygen atoms in total. The van der Waals surface area contributed by atoms with Crippen LogP contribution >= 0.6 is 0 Å². The molecule has 0 N–H and O–H groups in total. The Kier molecular flexibility index (Phi) is 4.14. The highest BCUT2D eigenvalue weighted by Gasteiger charge is 2.38. The van der Waals surface area contributed by atoms with Crippen molar-refractivity contribution in [2.45, 2.75) is 59.1 Å². The van der Waals surface area contributed by atoms with E-state index in [0.29, 0.717) is 12.8 Å². The van der Waals surface area contributed by atoms with Crippen molar-refractivity contribution in [1.82, 2.24) is 4.90 Å². The Morgan fingerprint density at radius 3 is 2.11 bits per heavy atom. The number of esters is 1. The van der Waals surface area contributed by atoms with Crippen LogP contribution in [0, 0.1) is 5.92 Å². The Morgan fingerprint density at radius 2 is 1.72 bits per heavy atom. The van der Waals surface area contributed by atoms with E-state index in [1.165, 1.54) is 6.92 Å². The molecule has 18 heavy (non-hydrogen) atoms. The lowest BCUT2D eigenvalue weighted by atomic mass is 9.96. The number of piperidine rings is 1. The van der Waals surface area contributed by atoms with Gasteiger partial charge in [-0.1, -0.05) is 6.92 Å². The topological polar surface area (TPSA) is 63.7 Å². The fourth-order valence-corrected chi connectivity index (χ4v) is 1.93. The molecule has 1 saturated heterocycles. The first-order valence-corrected chi connectivity index (χ1v) is 6.19. The number of amides is 2. The molecule has 5 heteroatoms. The van der Waals surface area contributed by atoms with E-state index in [4.69, 9.17) is 4.74 Å². The molecule has 1 atom stereocenters. The number of ether oxygens (including phenoxy) is 1. The third-order valence-corrected chi connectivity index (χ3v) is 2.72. The molecular formula is C13H21NO4. The molecule has 1 aliphatic rings.